The van der Waals surface area contributed by atoms with Gasteiger partial charge in [0.2, 0.25) is 5.13 Å². The molecule has 0 saturated carbocycles. The summed E-state index contributed by atoms with van der Waals surface area (Å²) in [7, 11) is 0. The summed E-state index contributed by atoms with van der Waals surface area (Å²) in [5.41, 5.74) is 1.04. The van der Waals surface area contributed by atoms with Gasteiger partial charge in [-0.3, -0.25) is 4.90 Å². The number of rotatable bonds is 7. The molecule has 1 aromatic heterocycles. The molecule has 152 valence electrons. The highest BCUT2D eigenvalue weighted by atomic mass is 79.9. The van der Waals surface area contributed by atoms with Crippen molar-refractivity contribution in [1.29, 1.82) is 0 Å². The number of aromatic nitrogens is 2. The highest BCUT2D eigenvalue weighted by Crippen LogP contribution is 2.24. The van der Waals surface area contributed by atoms with E-state index in [0.717, 1.165) is 52.9 Å². The lowest BCUT2D eigenvalue weighted by Gasteiger charge is -2.35. The summed E-state index contributed by atoms with van der Waals surface area (Å²) in [5.74, 6) is 1.55. The maximum atomic E-state index is 10.3. The number of hydrogen-bond donors (Lipinski definition) is 1. The van der Waals surface area contributed by atoms with E-state index in [0.29, 0.717) is 13.2 Å². The maximum Gasteiger partial charge on any atom is 0.205 e. The molecule has 0 spiro atoms. The van der Waals surface area contributed by atoms with Crippen molar-refractivity contribution in [3.63, 3.8) is 0 Å². The molecule has 0 bridgehead atoms. The van der Waals surface area contributed by atoms with Gasteiger partial charge >= 0.3 is 0 Å². The monoisotopic (exact) mass is 474 g/mol. The molecule has 4 rings (SSSR count). The van der Waals surface area contributed by atoms with Gasteiger partial charge in [-0.15, -0.1) is 0 Å². The topological polar surface area (TPSA) is 61.7 Å². The van der Waals surface area contributed by atoms with Gasteiger partial charge in [-0.25, -0.2) is 0 Å². The van der Waals surface area contributed by atoms with Gasteiger partial charge in [0, 0.05) is 54.3 Å². The van der Waals surface area contributed by atoms with Crippen LogP contribution in [0, 0.1) is 0 Å². The summed E-state index contributed by atoms with van der Waals surface area (Å²) >= 11 is 4.85. The molecule has 3 aromatic rings. The van der Waals surface area contributed by atoms with Gasteiger partial charge in [0.15, 0.2) is 5.82 Å². The Labute approximate surface area is 183 Å². The molecule has 0 unspecified atom stereocenters. The molecule has 2 aromatic carbocycles. The first kappa shape index (κ1) is 20.3. The van der Waals surface area contributed by atoms with Crippen molar-refractivity contribution in [2.75, 3.05) is 44.2 Å². The van der Waals surface area contributed by atoms with Crippen molar-refractivity contribution < 1.29 is 9.84 Å². The van der Waals surface area contributed by atoms with E-state index in [1.54, 1.807) is 0 Å². The third-order valence-electron chi connectivity index (χ3n) is 4.82. The van der Waals surface area contributed by atoms with Gasteiger partial charge < -0.3 is 14.7 Å². The summed E-state index contributed by atoms with van der Waals surface area (Å²) in [6, 6.07) is 17.7. The second-order valence-electron chi connectivity index (χ2n) is 6.97. The molecule has 0 aliphatic carbocycles. The summed E-state index contributed by atoms with van der Waals surface area (Å²) in [4.78, 5) is 9.24. The van der Waals surface area contributed by atoms with Crippen LogP contribution in [0.1, 0.15) is 0 Å². The first-order valence-corrected chi connectivity index (χ1v) is 11.2. The Kier molecular flexibility index (Phi) is 6.76. The second-order valence-corrected chi connectivity index (χ2v) is 8.62. The van der Waals surface area contributed by atoms with Gasteiger partial charge in [0.25, 0.3) is 0 Å². The number of aliphatic hydroxyl groups is 1. The van der Waals surface area contributed by atoms with E-state index in [1.807, 2.05) is 54.6 Å². The first-order valence-electron chi connectivity index (χ1n) is 9.60. The highest BCUT2D eigenvalue weighted by molar-refractivity contribution is 9.10. The average molecular weight is 475 g/mol. The fourth-order valence-corrected chi connectivity index (χ4v) is 4.25. The molecule has 2 heterocycles. The molecule has 1 fully saturated rings. The number of nitrogens with zero attached hydrogens (tertiary/aromatic N) is 4. The zero-order valence-corrected chi connectivity index (χ0v) is 18.3. The molecule has 8 heteroatoms. The predicted octanol–water partition coefficient (Wildman–Crippen LogP) is 3.53. The number of benzene rings is 2. The molecular formula is C21H23BrN4O2S. The quantitative estimate of drug-likeness (QED) is 0.564. The number of hydrogen-bond acceptors (Lipinski definition) is 7. The molecule has 6 nitrogen and oxygen atoms in total. The average Bonchev–Trinajstić information content (AvgIpc) is 3.25. The van der Waals surface area contributed by atoms with Crippen LogP contribution in [-0.2, 0) is 0 Å². The lowest BCUT2D eigenvalue weighted by atomic mass is 10.2. The van der Waals surface area contributed by atoms with Gasteiger partial charge in [-0.05, 0) is 24.3 Å². The fourth-order valence-electron chi connectivity index (χ4n) is 3.24. The zero-order chi connectivity index (χ0) is 20.1. The van der Waals surface area contributed by atoms with Crippen LogP contribution in [0.5, 0.6) is 5.75 Å². The summed E-state index contributed by atoms with van der Waals surface area (Å²) in [6.07, 6.45) is -0.517. The highest BCUT2D eigenvalue weighted by Gasteiger charge is 2.22. The van der Waals surface area contributed by atoms with E-state index in [-0.39, 0.29) is 0 Å². The largest absolute Gasteiger partial charge is 0.491 e. The van der Waals surface area contributed by atoms with E-state index in [2.05, 4.69) is 30.1 Å². The molecular weight excluding hydrogens is 452 g/mol. The molecule has 1 atom stereocenters. The minimum atomic E-state index is -0.517. The van der Waals surface area contributed by atoms with Gasteiger partial charge in [-0.2, -0.15) is 9.36 Å². The van der Waals surface area contributed by atoms with Gasteiger partial charge in [0.1, 0.15) is 18.5 Å². The number of ether oxygens (including phenoxy) is 1. The van der Waals surface area contributed by atoms with Gasteiger partial charge in [-0.1, -0.05) is 46.3 Å². The maximum absolute atomic E-state index is 10.3. The zero-order valence-electron chi connectivity index (χ0n) is 15.9. The van der Waals surface area contributed by atoms with Crippen LogP contribution in [0.4, 0.5) is 5.13 Å². The Bertz CT molecular complexity index is 899. The van der Waals surface area contributed by atoms with Crippen molar-refractivity contribution in [2.24, 2.45) is 0 Å². The van der Waals surface area contributed by atoms with Crippen molar-refractivity contribution >= 4 is 32.6 Å². The van der Waals surface area contributed by atoms with Crippen LogP contribution in [0.3, 0.4) is 0 Å². The van der Waals surface area contributed by atoms with Crippen LogP contribution in [0.25, 0.3) is 11.4 Å². The lowest BCUT2D eigenvalue weighted by molar-refractivity contribution is 0.0663. The Balaban J connectivity index is 1.23. The number of anilines is 1. The van der Waals surface area contributed by atoms with Crippen LogP contribution in [0.15, 0.2) is 59.1 Å². The van der Waals surface area contributed by atoms with Crippen LogP contribution < -0.4 is 9.64 Å². The third kappa shape index (κ3) is 5.54. The van der Waals surface area contributed by atoms with Gasteiger partial charge in [0.05, 0.1) is 0 Å². The van der Waals surface area contributed by atoms with Crippen molar-refractivity contribution in [3.05, 3.63) is 59.1 Å². The molecule has 1 N–H and O–H groups in total. The number of β-amino-alcohol motifs (C(OH)–C–C–N with tert-alkyl or cyclic N) is 1. The van der Waals surface area contributed by atoms with Crippen molar-refractivity contribution in [2.45, 2.75) is 6.10 Å². The summed E-state index contributed by atoms with van der Waals surface area (Å²) < 4.78 is 11.2. The third-order valence-corrected chi connectivity index (χ3v) is 6.12. The molecule has 1 aliphatic heterocycles. The number of aliphatic hydroxyl groups excluding tert-OH is 1. The van der Waals surface area contributed by atoms with Crippen LogP contribution in [0.2, 0.25) is 0 Å². The van der Waals surface area contributed by atoms with Crippen molar-refractivity contribution in [3.8, 4) is 17.1 Å². The van der Waals surface area contributed by atoms with Crippen molar-refractivity contribution in [1.82, 2.24) is 14.3 Å². The normalized spacial score (nSPS) is 16.0. The first-order chi connectivity index (χ1) is 14.2. The number of piperazine rings is 1. The van der Waals surface area contributed by atoms with E-state index < -0.39 is 6.10 Å². The molecule has 0 amide bonds. The Hall–Kier alpha value is -2.00. The predicted molar refractivity (Wildman–Crippen MR) is 120 cm³/mol. The van der Waals surface area contributed by atoms with Crippen LogP contribution in [-0.4, -0.2) is 64.8 Å². The lowest BCUT2D eigenvalue weighted by Crippen LogP contribution is -2.49. The fraction of sp³-hybridized carbons (Fsp3) is 0.333. The Morgan fingerprint density at radius 3 is 2.48 bits per heavy atom. The summed E-state index contributed by atoms with van der Waals surface area (Å²) in [6.45, 7) is 4.42. The van der Waals surface area contributed by atoms with Crippen LogP contribution >= 0.6 is 27.5 Å². The molecule has 29 heavy (non-hydrogen) atoms. The SMILES string of the molecule is O[C@H](COc1ccc(Br)cc1)CN1CCN(c2nc(-c3ccccc3)ns2)CC1. The minimum Gasteiger partial charge on any atom is -0.491 e. The minimum absolute atomic E-state index is 0.290. The Morgan fingerprint density at radius 1 is 1.03 bits per heavy atom. The summed E-state index contributed by atoms with van der Waals surface area (Å²) in [5, 5.41) is 11.3. The van der Waals surface area contributed by atoms with E-state index in [1.165, 1.54) is 11.5 Å². The standard InChI is InChI=1S/C21H23BrN4O2S/c22-17-6-8-19(9-7-17)28-15-18(27)14-25-10-12-26(13-11-25)21-23-20(24-29-21)16-4-2-1-3-5-16/h1-9,18,27H,10-15H2/t18-/m0/s1. The van der Waals surface area contributed by atoms with E-state index >= 15 is 0 Å². The van der Waals surface area contributed by atoms with E-state index in [4.69, 9.17) is 9.72 Å². The smallest absolute Gasteiger partial charge is 0.205 e. The van der Waals surface area contributed by atoms with E-state index in [9.17, 15) is 5.11 Å². The Morgan fingerprint density at radius 2 is 1.76 bits per heavy atom. The molecule has 1 saturated heterocycles. The number of halogens is 1. The molecule has 1 aliphatic rings. The second kappa shape index (κ2) is 9.67. The molecule has 0 radical (unpaired) electrons.